The van der Waals surface area contributed by atoms with E-state index in [0.29, 0.717) is 6.04 Å². The van der Waals surface area contributed by atoms with E-state index in [1.165, 1.54) is 12.8 Å². The number of hydrogen-bond acceptors (Lipinski definition) is 3. The fraction of sp³-hybridized carbons (Fsp3) is 0.947. The molecule has 1 saturated heterocycles. The summed E-state index contributed by atoms with van der Waals surface area (Å²) in [5.41, 5.74) is -0.146. The van der Waals surface area contributed by atoms with Gasteiger partial charge in [0, 0.05) is 25.2 Å². The van der Waals surface area contributed by atoms with Crippen molar-refractivity contribution < 1.29 is 9.53 Å². The average Bonchev–Trinajstić information content (AvgIpc) is 2.59. The maximum Gasteiger partial charge on any atom is 0.410 e. The van der Waals surface area contributed by atoms with Gasteiger partial charge < -0.3 is 15.0 Å². The van der Waals surface area contributed by atoms with Crippen molar-refractivity contribution >= 4 is 6.09 Å². The van der Waals surface area contributed by atoms with E-state index < -0.39 is 5.60 Å². The van der Waals surface area contributed by atoms with Crippen LogP contribution in [0.15, 0.2) is 0 Å². The Kier molecular flexibility index (Phi) is 7.37. The first kappa shape index (κ1) is 20.3. The van der Waals surface area contributed by atoms with Crippen molar-refractivity contribution in [2.75, 3.05) is 13.1 Å². The van der Waals surface area contributed by atoms with Crippen LogP contribution in [0, 0.1) is 5.41 Å². The first-order chi connectivity index (χ1) is 10.5. The molecule has 0 aromatic rings. The number of likely N-dealkylation sites (tertiary alicyclic amines) is 1. The second-order valence-corrected chi connectivity index (χ2v) is 9.26. The molecule has 1 rings (SSSR count). The molecule has 1 N–H and O–H groups in total. The number of carbonyl (C=O) groups excluding carboxylic acids is 1. The summed E-state index contributed by atoms with van der Waals surface area (Å²) in [6, 6.07) is 0.692. The van der Waals surface area contributed by atoms with Gasteiger partial charge in [0.1, 0.15) is 5.60 Å². The molecule has 1 aliphatic heterocycles. The number of ether oxygens (including phenoxy) is 1. The Morgan fingerprint density at radius 3 is 2.39 bits per heavy atom. The highest BCUT2D eigenvalue weighted by atomic mass is 16.6. The lowest BCUT2D eigenvalue weighted by atomic mass is 9.95. The predicted octanol–water partition coefficient (Wildman–Crippen LogP) is 4.58. The summed E-state index contributed by atoms with van der Waals surface area (Å²) in [4.78, 5) is 14.5. The van der Waals surface area contributed by atoms with Crippen molar-refractivity contribution in [2.24, 2.45) is 5.41 Å². The van der Waals surface area contributed by atoms with Crippen molar-refractivity contribution in [2.45, 2.75) is 98.3 Å². The molecule has 2 unspecified atom stereocenters. The number of nitrogens with zero attached hydrogens (tertiary/aromatic N) is 1. The third-order valence-electron chi connectivity index (χ3n) is 4.11. The van der Waals surface area contributed by atoms with E-state index in [4.69, 9.17) is 4.74 Å². The Hall–Kier alpha value is -0.770. The number of rotatable bonds is 4. The van der Waals surface area contributed by atoms with E-state index in [-0.39, 0.29) is 17.6 Å². The van der Waals surface area contributed by atoms with Gasteiger partial charge in [-0.1, -0.05) is 33.6 Å². The lowest BCUT2D eigenvalue weighted by Gasteiger charge is -2.34. The molecule has 0 radical (unpaired) electrons. The van der Waals surface area contributed by atoms with Gasteiger partial charge in [-0.3, -0.25) is 0 Å². The number of hydrogen-bond donors (Lipinski definition) is 1. The number of nitrogens with one attached hydrogen (secondary N) is 1. The highest BCUT2D eigenvalue weighted by Gasteiger charge is 2.30. The second-order valence-electron chi connectivity index (χ2n) is 9.26. The van der Waals surface area contributed by atoms with Crippen LogP contribution in [0.5, 0.6) is 0 Å². The van der Waals surface area contributed by atoms with Crippen LogP contribution < -0.4 is 5.32 Å². The quantitative estimate of drug-likeness (QED) is 0.822. The van der Waals surface area contributed by atoms with E-state index in [0.717, 1.165) is 32.4 Å². The van der Waals surface area contributed by atoms with Gasteiger partial charge in [-0.25, -0.2) is 4.79 Å². The van der Waals surface area contributed by atoms with E-state index in [1.807, 2.05) is 25.7 Å². The first-order valence-electron chi connectivity index (χ1n) is 9.21. The SMILES string of the molecule is CC(CC1CCCCCN1C(=O)OC(C)(C)C)NCC(C)(C)C. The van der Waals surface area contributed by atoms with Crippen molar-refractivity contribution in [3.63, 3.8) is 0 Å². The minimum absolute atomic E-state index is 0.146. The molecular weight excluding hydrogens is 288 g/mol. The van der Waals surface area contributed by atoms with Crippen molar-refractivity contribution in [3.8, 4) is 0 Å². The topological polar surface area (TPSA) is 41.6 Å². The van der Waals surface area contributed by atoms with Crippen LogP contribution in [0.25, 0.3) is 0 Å². The first-order valence-corrected chi connectivity index (χ1v) is 9.21. The van der Waals surface area contributed by atoms with Gasteiger partial charge in [0.15, 0.2) is 0 Å². The average molecular weight is 327 g/mol. The standard InChI is InChI=1S/C19H38N2O2/c1-15(20-14-18(2,3)4)13-16-11-9-8-10-12-21(16)17(22)23-19(5,6)7/h15-16,20H,8-14H2,1-7H3. The molecule has 1 fully saturated rings. The van der Waals surface area contributed by atoms with Gasteiger partial charge in [0.2, 0.25) is 0 Å². The molecule has 0 aromatic carbocycles. The van der Waals surface area contributed by atoms with Gasteiger partial charge >= 0.3 is 6.09 Å². The zero-order valence-corrected chi connectivity index (χ0v) is 16.4. The smallest absolute Gasteiger partial charge is 0.410 e. The summed E-state index contributed by atoms with van der Waals surface area (Å²) < 4.78 is 5.63. The van der Waals surface area contributed by atoms with Crippen LogP contribution in [0.4, 0.5) is 4.79 Å². The monoisotopic (exact) mass is 326 g/mol. The Balaban J connectivity index is 2.65. The molecule has 0 aromatic heterocycles. The lowest BCUT2D eigenvalue weighted by molar-refractivity contribution is 0.0149. The summed E-state index contributed by atoms with van der Waals surface area (Å²) in [6.07, 6.45) is 5.43. The molecule has 4 nitrogen and oxygen atoms in total. The van der Waals surface area contributed by atoms with Crippen molar-refractivity contribution in [3.05, 3.63) is 0 Å². The Morgan fingerprint density at radius 1 is 1.17 bits per heavy atom. The molecule has 2 atom stereocenters. The van der Waals surface area contributed by atoms with Crippen LogP contribution in [0.3, 0.4) is 0 Å². The molecule has 0 saturated carbocycles. The Labute approximate surface area is 143 Å². The minimum Gasteiger partial charge on any atom is -0.444 e. The van der Waals surface area contributed by atoms with Gasteiger partial charge in [0.25, 0.3) is 0 Å². The second kappa shape index (κ2) is 8.36. The van der Waals surface area contributed by atoms with Crippen LogP contribution >= 0.6 is 0 Å². The summed E-state index contributed by atoms with van der Waals surface area (Å²) in [6.45, 7) is 16.6. The predicted molar refractivity (Wildman–Crippen MR) is 96.7 cm³/mol. The zero-order valence-electron chi connectivity index (χ0n) is 16.4. The number of amides is 1. The van der Waals surface area contributed by atoms with Gasteiger partial charge in [0.05, 0.1) is 0 Å². The molecule has 0 bridgehead atoms. The maximum atomic E-state index is 12.6. The molecule has 0 aliphatic carbocycles. The highest BCUT2D eigenvalue weighted by Crippen LogP contribution is 2.23. The van der Waals surface area contributed by atoms with Crippen molar-refractivity contribution in [1.29, 1.82) is 0 Å². The third kappa shape index (κ3) is 8.59. The van der Waals surface area contributed by atoms with Gasteiger partial charge in [-0.2, -0.15) is 0 Å². The molecule has 4 heteroatoms. The molecule has 1 amide bonds. The van der Waals surface area contributed by atoms with Gasteiger partial charge in [-0.05, 0) is 52.4 Å². The van der Waals surface area contributed by atoms with E-state index >= 15 is 0 Å². The molecule has 23 heavy (non-hydrogen) atoms. The molecule has 1 aliphatic rings. The zero-order chi connectivity index (χ0) is 17.7. The third-order valence-corrected chi connectivity index (χ3v) is 4.11. The van der Waals surface area contributed by atoms with Crippen LogP contribution in [0.2, 0.25) is 0 Å². The van der Waals surface area contributed by atoms with Crippen LogP contribution in [0.1, 0.15) is 80.6 Å². The highest BCUT2D eigenvalue weighted by molar-refractivity contribution is 5.68. The molecule has 1 heterocycles. The summed E-state index contributed by atoms with van der Waals surface area (Å²) in [7, 11) is 0. The fourth-order valence-electron chi connectivity index (χ4n) is 2.96. The van der Waals surface area contributed by atoms with E-state index in [9.17, 15) is 4.79 Å². The Morgan fingerprint density at radius 2 is 1.83 bits per heavy atom. The van der Waals surface area contributed by atoms with E-state index in [2.05, 4.69) is 33.0 Å². The molecular formula is C19H38N2O2. The maximum absolute atomic E-state index is 12.6. The summed E-state index contributed by atoms with van der Waals surface area (Å²) in [5, 5.41) is 3.62. The number of carbonyl (C=O) groups is 1. The molecule has 0 spiro atoms. The normalized spacial score (nSPS) is 21.7. The van der Waals surface area contributed by atoms with Gasteiger partial charge in [-0.15, -0.1) is 0 Å². The van der Waals surface area contributed by atoms with Crippen LogP contribution in [-0.2, 0) is 4.74 Å². The Bertz CT molecular complexity index is 369. The largest absolute Gasteiger partial charge is 0.444 e. The fourth-order valence-corrected chi connectivity index (χ4v) is 2.96. The molecule has 136 valence electrons. The van der Waals surface area contributed by atoms with Crippen LogP contribution in [-0.4, -0.2) is 41.8 Å². The summed E-state index contributed by atoms with van der Waals surface area (Å²) >= 11 is 0. The lowest BCUT2D eigenvalue weighted by Crippen LogP contribution is -2.46. The van der Waals surface area contributed by atoms with Crippen molar-refractivity contribution in [1.82, 2.24) is 10.2 Å². The summed E-state index contributed by atoms with van der Waals surface area (Å²) in [5.74, 6) is 0. The van der Waals surface area contributed by atoms with E-state index in [1.54, 1.807) is 0 Å². The minimum atomic E-state index is -0.427.